The molecule has 2 N–H and O–H groups in total. The second-order valence-electron chi connectivity index (χ2n) is 3.86. The van der Waals surface area contributed by atoms with Crippen molar-refractivity contribution in [3.8, 4) is 0 Å². The lowest BCUT2D eigenvalue weighted by Crippen LogP contribution is -2.25. The van der Waals surface area contributed by atoms with E-state index in [0.717, 1.165) is 17.1 Å². The molecule has 0 spiro atoms. The van der Waals surface area contributed by atoms with Crippen molar-refractivity contribution in [3.05, 3.63) is 52.5 Å². The third-order valence-corrected chi connectivity index (χ3v) is 4.25. The van der Waals surface area contributed by atoms with Gasteiger partial charge >= 0.3 is 0 Å². The quantitative estimate of drug-likeness (QED) is 0.838. The molecule has 0 saturated heterocycles. The molecule has 0 bridgehead atoms. The van der Waals surface area contributed by atoms with Crippen LogP contribution in [0.5, 0.6) is 0 Å². The number of hydrogen-bond acceptors (Lipinski definition) is 3. The predicted octanol–water partition coefficient (Wildman–Crippen LogP) is 3.55. The van der Waals surface area contributed by atoms with Gasteiger partial charge in [0.15, 0.2) is 0 Å². The second kappa shape index (κ2) is 6.19. The van der Waals surface area contributed by atoms with E-state index in [9.17, 15) is 4.39 Å². The zero-order valence-corrected chi connectivity index (χ0v) is 10.9. The van der Waals surface area contributed by atoms with Gasteiger partial charge < -0.3 is 5.73 Å². The average molecular weight is 267 g/mol. The highest BCUT2D eigenvalue weighted by Gasteiger charge is 2.06. The van der Waals surface area contributed by atoms with Gasteiger partial charge in [-0.3, -0.25) is 0 Å². The van der Waals surface area contributed by atoms with Crippen LogP contribution in [-0.2, 0) is 6.42 Å². The van der Waals surface area contributed by atoms with E-state index in [0.29, 0.717) is 0 Å². The molecule has 0 aliphatic heterocycles. The van der Waals surface area contributed by atoms with Crippen LogP contribution in [-0.4, -0.2) is 11.8 Å². The van der Waals surface area contributed by atoms with Gasteiger partial charge in [-0.1, -0.05) is 6.07 Å². The zero-order valence-electron chi connectivity index (χ0n) is 9.30. The molecule has 2 aromatic rings. The summed E-state index contributed by atoms with van der Waals surface area (Å²) in [6, 6.07) is 8.83. The van der Waals surface area contributed by atoms with Crippen molar-refractivity contribution in [1.29, 1.82) is 0 Å². The average Bonchev–Trinajstić information content (AvgIpc) is 2.79. The number of hydrogen-bond donors (Lipinski definition) is 1. The van der Waals surface area contributed by atoms with E-state index < -0.39 is 0 Å². The lowest BCUT2D eigenvalue weighted by Gasteiger charge is -2.10. The summed E-state index contributed by atoms with van der Waals surface area (Å²) in [5.74, 6) is 0.612. The van der Waals surface area contributed by atoms with E-state index in [4.69, 9.17) is 5.73 Å². The van der Waals surface area contributed by atoms with Crippen LogP contribution in [0.2, 0.25) is 0 Å². The highest BCUT2D eigenvalue weighted by atomic mass is 32.2. The van der Waals surface area contributed by atoms with Crippen molar-refractivity contribution in [2.24, 2.45) is 5.73 Å². The molecular formula is C13H14FNS2. The smallest absolute Gasteiger partial charge is 0.124 e. The molecule has 0 radical (unpaired) electrons. The van der Waals surface area contributed by atoms with Gasteiger partial charge in [0.05, 0.1) is 0 Å². The molecular weight excluding hydrogens is 253 g/mol. The molecule has 0 amide bonds. The van der Waals surface area contributed by atoms with E-state index >= 15 is 0 Å². The summed E-state index contributed by atoms with van der Waals surface area (Å²) in [4.78, 5) is 0.936. The fourth-order valence-corrected chi connectivity index (χ4v) is 3.11. The maximum atomic E-state index is 13.0. The Morgan fingerprint density at radius 3 is 2.94 bits per heavy atom. The minimum Gasteiger partial charge on any atom is -0.327 e. The van der Waals surface area contributed by atoms with Crippen molar-refractivity contribution in [2.45, 2.75) is 17.4 Å². The first-order valence-electron chi connectivity index (χ1n) is 5.39. The van der Waals surface area contributed by atoms with Crippen LogP contribution in [0.4, 0.5) is 4.39 Å². The van der Waals surface area contributed by atoms with E-state index in [1.54, 1.807) is 35.2 Å². The highest BCUT2D eigenvalue weighted by molar-refractivity contribution is 7.99. The van der Waals surface area contributed by atoms with Crippen LogP contribution >= 0.6 is 23.1 Å². The molecule has 0 aliphatic rings. The third-order valence-electron chi connectivity index (χ3n) is 2.34. The van der Waals surface area contributed by atoms with Gasteiger partial charge in [-0.25, -0.2) is 4.39 Å². The SMILES string of the molecule is NC(CSc1cccc(F)c1)Cc1ccsc1. The first-order chi connectivity index (χ1) is 8.24. The Morgan fingerprint density at radius 1 is 1.35 bits per heavy atom. The van der Waals surface area contributed by atoms with E-state index in [1.807, 2.05) is 6.07 Å². The Bertz CT molecular complexity index is 456. The number of rotatable bonds is 5. The van der Waals surface area contributed by atoms with Crippen LogP contribution < -0.4 is 5.73 Å². The normalized spacial score (nSPS) is 12.6. The summed E-state index contributed by atoms with van der Waals surface area (Å²) in [7, 11) is 0. The Hall–Kier alpha value is -0.840. The fraction of sp³-hybridized carbons (Fsp3) is 0.231. The Kier molecular flexibility index (Phi) is 4.59. The summed E-state index contributed by atoms with van der Waals surface area (Å²) >= 11 is 3.29. The summed E-state index contributed by atoms with van der Waals surface area (Å²) in [6.07, 6.45) is 0.881. The molecule has 2 rings (SSSR count). The number of benzene rings is 1. The van der Waals surface area contributed by atoms with Gasteiger partial charge in [-0.15, -0.1) is 11.8 Å². The van der Waals surface area contributed by atoms with Gasteiger partial charge in [-0.05, 0) is 47.0 Å². The van der Waals surface area contributed by atoms with Crippen LogP contribution in [0.15, 0.2) is 46.0 Å². The number of nitrogens with two attached hydrogens (primary N) is 1. The van der Waals surface area contributed by atoms with Crippen molar-refractivity contribution in [2.75, 3.05) is 5.75 Å². The van der Waals surface area contributed by atoms with E-state index in [2.05, 4.69) is 16.8 Å². The molecule has 1 unspecified atom stereocenters. The van der Waals surface area contributed by atoms with Crippen molar-refractivity contribution in [3.63, 3.8) is 0 Å². The predicted molar refractivity (Wildman–Crippen MR) is 73.1 cm³/mol. The molecule has 17 heavy (non-hydrogen) atoms. The molecule has 0 saturated carbocycles. The van der Waals surface area contributed by atoms with E-state index in [-0.39, 0.29) is 11.9 Å². The first kappa shape index (κ1) is 12.6. The lowest BCUT2D eigenvalue weighted by atomic mass is 10.1. The van der Waals surface area contributed by atoms with Crippen LogP contribution in [0.3, 0.4) is 0 Å². The van der Waals surface area contributed by atoms with Gasteiger partial charge in [0, 0.05) is 16.7 Å². The Labute approximate surface area is 109 Å². The van der Waals surface area contributed by atoms with Crippen LogP contribution in [0.1, 0.15) is 5.56 Å². The maximum absolute atomic E-state index is 13.0. The molecule has 1 aromatic heterocycles. The molecule has 1 atom stereocenters. The molecule has 0 aliphatic carbocycles. The molecule has 1 heterocycles. The Balaban J connectivity index is 1.82. The Morgan fingerprint density at radius 2 is 2.24 bits per heavy atom. The summed E-state index contributed by atoms with van der Waals surface area (Å²) in [5.41, 5.74) is 7.32. The fourth-order valence-electron chi connectivity index (χ4n) is 1.53. The minimum atomic E-state index is -0.193. The van der Waals surface area contributed by atoms with Gasteiger partial charge in [0.2, 0.25) is 0 Å². The highest BCUT2D eigenvalue weighted by Crippen LogP contribution is 2.20. The summed E-state index contributed by atoms with van der Waals surface area (Å²) in [6.45, 7) is 0. The van der Waals surface area contributed by atoms with Crippen molar-refractivity contribution >= 4 is 23.1 Å². The molecule has 1 aromatic carbocycles. The van der Waals surface area contributed by atoms with Gasteiger partial charge in [0.25, 0.3) is 0 Å². The first-order valence-corrected chi connectivity index (χ1v) is 7.32. The van der Waals surface area contributed by atoms with Crippen LogP contribution in [0.25, 0.3) is 0 Å². The monoisotopic (exact) mass is 267 g/mol. The topological polar surface area (TPSA) is 26.0 Å². The summed E-state index contributed by atoms with van der Waals surface area (Å²) < 4.78 is 13.0. The molecule has 1 nitrogen and oxygen atoms in total. The number of thioether (sulfide) groups is 1. The standard InChI is InChI=1S/C13H14FNS2/c14-11-2-1-3-13(7-11)17-9-12(15)6-10-4-5-16-8-10/h1-5,7-8,12H,6,9,15H2. The van der Waals surface area contributed by atoms with Gasteiger partial charge in [-0.2, -0.15) is 11.3 Å². The largest absolute Gasteiger partial charge is 0.327 e. The molecule has 4 heteroatoms. The van der Waals surface area contributed by atoms with E-state index in [1.165, 1.54) is 11.6 Å². The summed E-state index contributed by atoms with van der Waals surface area (Å²) in [5, 5.41) is 4.18. The minimum absolute atomic E-state index is 0.109. The van der Waals surface area contributed by atoms with Crippen molar-refractivity contribution < 1.29 is 4.39 Å². The number of thiophene rings is 1. The lowest BCUT2D eigenvalue weighted by molar-refractivity contribution is 0.624. The van der Waals surface area contributed by atoms with Crippen LogP contribution in [0, 0.1) is 5.82 Å². The molecule has 90 valence electrons. The molecule has 0 fully saturated rings. The second-order valence-corrected chi connectivity index (χ2v) is 5.74. The third kappa shape index (κ3) is 4.15. The number of halogens is 1. The zero-order chi connectivity index (χ0) is 12.1. The maximum Gasteiger partial charge on any atom is 0.124 e. The van der Waals surface area contributed by atoms with Crippen molar-refractivity contribution in [1.82, 2.24) is 0 Å². The van der Waals surface area contributed by atoms with Gasteiger partial charge in [0.1, 0.15) is 5.82 Å².